The molecule has 0 aliphatic heterocycles. The zero-order chi connectivity index (χ0) is 19.9. The monoisotopic (exact) mass is 392 g/mol. The fraction of sp³-hybridized carbons (Fsp3) is 0.273. The number of allylic oxidation sites excluding steroid dienone is 1. The number of rotatable bonds is 9. The summed E-state index contributed by atoms with van der Waals surface area (Å²) in [5.41, 5.74) is 4.03. The number of aromatic nitrogens is 4. The molecule has 0 aliphatic rings. The largest absolute Gasteiger partial charge is 0.298 e. The lowest BCUT2D eigenvalue weighted by Gasteiger charge is -2.10. The standard InChI is InChI=1S/C22H24N4OS/c1-4-13-26-21(18-9-11-23-12-10-18)24-25-22(26)28-15-20(27)19-14-16(5-2)7-8-17(19)6-3/h4,7-12,14H,1,5-6,13,15H2,2-3H3. The number of pyridine rings is 1. The summed E-state index contributed by atoms with van der Waals surface area (Å²) in [6.45, 7) is 8.58. The van der Waals surface area contributed by atoms with E-state index in [9.17, 15) is 4.79 Å². The SMILES string of the molecule is C=CCn1c(SCC(=O)c2cc(CC)ccc2CC)nnc1-c1ccncc1. The Bertz CT molecular complexity index is 966. The van der Waals surface area contributed by atoms with Gasteiger partial charge in [0, 0.05) is 30.1 Å². The van der Waals surface area contributed by atoms with E-state index in [0.29, 0.717) is 17.5 Å². The van der Waals surface area contributed by atoms with Crippen molar-refractivity contribution in [2.45, 2.75) is 38.4 Å². The van der Waals surface area contributed by atoms with Crippen molar-refractivity contribution in [3.63, 3.8) is 0 Å². The summed E-state index contributed by atoms with van der Waals surface area (Å²) in [6, 6.07) is 9.99. The molecule has 0 bridgehead atoms. The molecular formula is C22H24N4OS. The molecule has 1 aromatic carbocycles. The molecule has 144 valence electrons. The molecule has 0 fully saturated rings. The highest BCUT2D eigenvalue weighted by Crippen LogP contribution is 2.25. The van der Waals surface area contributed by atoms with Crippen LogP contribution in [-0.4, -0.2) is 31.3 Å². The first kappa shape index (κ1) is 20.0. The van der Waals surface area contributed by atoms with Crippen LogP contribution in [0.15, 0.2) is 60.5 Å². The lowest BCUT2D eigenvalue weighted by Crippen LogP contribution is -2.08. The number of hydrogen-bond acceptors (Lipinski definition) is 5. The maximum Gasteiger partial charge on any atom is 0.192 e. The first-order valence-electron chi connectivity index (χ1n) is 9.40. The zero-order valence-corrected chi connectivity index (χ0v) is 17.1. The van der Waals surface area contributed by atoms with E-state index in [2.05, 4.69) is 47.7 Å². The normalized spacial score (nSPS) is 10.8. The Morgan fingerprint density at radius 1 is 1.14 bits per heavy atom. The van der Waals surface area contributed by atoms with Crippen molar-refractivity contribution in [1.82, 2.24) is 19.7 Å². The fourth-order valence-corrected chi connectivity index (χ4v) is 3.85. The Hall–Kier alpha value is -2.73. The lowest BCUT2D eigenvalue weighted by molar-refractivity contribution is 0.102. The molecule has 0 radical (unpaired) electrons. The maximum atomic E-state index is 12.9. The lowest BCUT2D eigenvalue weighted by atomic mass is 9.98. The number of carbonyl (C=O) groups is 1. The van der Waals surface area contributed by atoms with E-state index in [1.54, 1.807) is 18.5 Å². The molecule has 3 aromatic rings. The summed E-state index contributed by atoms with van der Waals surface area (Å²) >= 11 is 1.41. The average molecular weight is 393 g/mol. The van der Waals surface area contributed by atoms with Gasteiger partial charge in [0.05, 0.1) is 5.75 Å². The van der Waals surface area contributed by atoms with Crippen LogP contribution >= 0.6 is 11.8 Å². The third-order valence-electron chi connectivity index (χ3n) is 4.56. The van der Waals surface area contributed by atoms with Gasteiger partial charge < -0.3 is 0 Å². The van der Waals surface area contributed by atoms with Crippen molar-refractivity contribution in [3.05, 3.63) is 72.1 Å². The smallest absolute Gasteiger partial charge is 0.192 e. The Labute approximate surface area is 169 Å². The molecule has 0 saturated carbocycles. The van der Waals surface area contributed by atoms with Gasteiger partial charge in [0.15, 0.2) is 16.8 Å². The van der Waals surface area contributed by atoms with Crippen LogP contribution in [0.4, 0.5) is 0 Å². The number of aryl methyl sites for hydroxylation is 2. The van der Waals surface area contributed by atoms with Gasteiger partial charge in [-0.3, -0.25) is 14.3 Å². The second kappa shape index (κ2) is 9.46. The average Bonchev–Trinajstić information content (AvgIpc) is 3.15. The highest BCUT2D eigenvalue weighted by molar-refractivity contribution is 7.99. The van der Waals surface area contributed by atoms with E-state index < -0.39 is 0 Å². The van der Waals surface area contributed by atoms with Gasteiger partial charge in [-0.2, -0.15) is 0 Å². The van der Waals surface area contributed by atoms with Crippen LogP contribution < -0.4 is 0 Å². The number of benzene rings is 1. The number of nitrogens with zero attached hydrogens (tertiary/aromatic N) is 4. The molecule has 28 heavy (non-hydrogen) atoms. The highest BCUT2D eigenvalue weighted by atomic mass is 32.2. The van der Waals surface area contributed by atoms with Crippen LogP contribution in [0.3, 0.4) is 0 Å². The van der Waals surface area contributed by atoms with E-state index in [1.165, 1.54) is 17.3 Å². The van der Waals surface area contributed by atoms with Crippen LogP contribution in [0.2, 0.25) is 0 Å². The molecule has 0 saturated heterocycles. The number of thioether (sulfide) groups is 1. The summed E-state index contributed by atoms with van der Waals surface area (Å²) in [5.74, 6) is 1.20. The third kappa shape index (κ3) is 4.39. The summed E-state index contributed by atoms with van der Waals surface area (Å²) in [7, 11) is 0. The molecule has 5 nitrogen and oxygen atoms in total. The molecule has 0 atom stereocenters. The van der Waals surface area contributed by atoms with Gasteiger partial charge in [-0.1, -0.05) is 43.8 Å². The maximum absolute atomic E-state index is 12.9. The second-order valence-electron chi connectivity index (χ2n) is 6.35. The molecule has 0 N–H and O–H groups in total. The summed E-state index contributed by atoms with van der Waals surface area (Å²) in [5, 5.41) is 9.34. The van der Waals surface area contributed by atoms with E-state index in [0.717, 1.165) is 35.4 Å². The van der Waals surface area contributed by atoms with Crippen LogP contribution in [0.1, 0.15) is 35.3 Å². The molecule has 0 amide bonds. The molecule has 2 aromatic heterocycles. The predicted molar refractivity (Wildman–Crippen MR) is 114 cm³/mol. The minimum atomic E-state index is 0.121. The van der Waals surface area contributed by atoms with Crippen molar-refractivity contribution < 1.29 is 4.79 Å². The molecule has 6 heteroatoms. The highest BCUT2D eigenvalue weighted by Gasteiger charge is 2.17. The molecular weight excluding hydrogens is 368 g/mol. The Balaban J connectivity index is 1.82. The minimum absolute atomic E-state index is 0.121. The van der Waals surface area contributed by atoms with E-state index in [-0.39, 0.29) is 5.78 Å². The van der Waals surface area contributed by atoms with E-state index in [4.69, 9.17) is 0 Å². The van der Waals surface area contributed by atoms with Gasteiger partial charge in [0.25, 0.3) is 0 Å². The Kier molecular flexibility index (Phi) is 6.76. The summed E-state index contributed by atoms with van der Waals surface area (Å²) in [6.07, 6.45) is 7.02. The van der Waals surface area contributed by atoms with Crippen LogP contribution in [0, 0.1) is 0 Å². The predicted octanol–water partition coefficient (Wildman–Crippen LogP) is 4.63. The van der Waals surface area contributed by atoms with Gasteiger partial charge in [-0.25, -0.2) is 0 Å². The topological polar surface area (TPSA) is 60.7 Å². The van der Waals surface area contributed by atoms with Crippen molar-refractivity contribution in [2.24, 2.45) is 0 Å². The van der Waals surface area contributed by atoms with Crippen molar-refractivity contribution in [3.8, 4) is 11.4 Å². The van der Waals surface area contributed by atoms with Gasteiger partial charge in [-0.15, -0.1) is 16.8 Å². The number of Topliss-reactive ketones (excluding diaryl/α,β-unsaturated/α-hetero) is 1. The van der Waals surface area contributed by atoms with Gasteiger partial charge in [-0.05, 0) is 42.2 Å². The van der Waals surface area contributed by atoms with E-state index >= 15 is 0 Å². The molecule has 0 unspecified atom stereocenters. The van der Waals surface area contributed by atoms with Gasteiger partial charge in [0.1, 0.15) is 0 Å². The Morgan fingerprint density at radius 2 is 1.93 bits per heavy atom. The first-order chi connectivity index (χ1) is 13.7. The molecule has 3 rings (SSSR count). The summed E-state index contributed by atoms with van der Waals surface area (Å²) in [4.78, 5) is 17.0. The third-order valence-corrected chi connectivity index (χ3v) is 5.53. The minimum Gasteiger partial charge on any atom is -0.298 e. The first-order valence-corrected chi connectivity index (χ1v) is 10.4. The number of carbonyl (C=O) groups excluding carboxylic acids is 1. The fourth-order valence-electron chi connectivity index (χ4n) is 3.02. The van der Waals surface area contributed by atoms with E-state index in [1.807, 2.05) is 22.8 Å². The zero-order valence-electron chi connectivity index (χ0n) is 16.3. The molecule has 0 spiro atoms. The van der Waals surface area contributed by atoms with Gasteiger partial charge >= 0.3 is 0 Å². The molecule has 0 aliphatic carbocycles. The Morgan fingerprint density at radius 3 is 2.61 bits per heavy atom. The number of ketones is 1. The van der Waals surface area contributed by atoms with Crippen molar-refractivity contribution >= 4 is 17.5 Å². The molecule has 2 heterocycles. The summed E-state index contributed by atoms with van der Waals surface area (Å²) < 4.78 is 1.98. The van der Waals surface area contributed by atoms with Crippen molar-refractivity contribution in [1.29, 1.82) is 0 Å². The quantitative estimate of drug-likeness (QED) is 0.302. The number of hydrogen-bond donors (Lipinski definition) is 0. The van der Waals surface area contributed by atoms with Gasteiger partial charge in [0.2, 0.25) is 0 Å². The van der Waals surface area contributed by atoms with Crippen LogP contribution in [0.5, 0.6) is 0 Å². The second-order valence-corrected chi connectivity index (χ2v) is 7.29. The van der Waals surface area contributed by atoms with Crippen LogP contribution in [-0.2, 0) is 19.4 Å². The van der Waals surface area contributed by atoms with Crippen LogP contribution in [0.25, 0.3) is 11.4 Å². The van der Waals surface area contributed by atoms with Crippen molar-refractivity contribution in [2.75, 3.05) is 5.75 Å².